The maximum atomic E-state index is 13.3. The van der Waals surface area contributed by atoms with E-state index in [9.17, 15) is 19.5 Å². The highest BCUT2D eigenvalue weighted by molar-refractivity contribution is 9.10. The first-order valence-corrected chi connectivity index (χ1v) is 9.83. The van der Waals surface area contributed by atoms with E-state index in [1.54, 1.807) is 51.1 Å². The summed E-state index contributed by atoms with van der Waals surface area (Å²) in [5.41, 5.74) is -0.360. The van der Waals surface area contributed by atoms with Gasteiger partial charge in [0, 0.05) is 4.47 Å². The number of halogens is 1. The molecule has 158 valence electrons. The first kappa shape index (κ1) is 21.6. The van der Waals surface area contributed by atoms with Crippen molar-refractivity contribution in [3.63, 3.8) is 0 Å². The predicted molar refractivity (Wildman–Crippen MR) is 111 cm³/mol. The van der Waals surface area contributed by atoms with Crippen LogP contribution in [0.1, 0.15) is 31.1 Å². The largest absolute Gasteiger partial charge is 0.481 e. The maximum absolute atomic E-state index is 13.3. The van der Waals surface area contributed by atoms with Gasteiger partial charge in [-0.2, -0.15) is 0 Å². The van der Waals surface area contributed by atoms with E-state index in [1.807, 2.05) is 0 Å². The number of aliphatic carboxylic acids is 1. The van der Waals surface area contributed by atoms with E-state index in [0.717, 1.165) is 4.90 Å². The molecule has 0 spiro atoms. The number of benzene rings is 2. The highest BCUT2D eigenvalue weighted by atomic mass is 79.9. The quantitative estimate of drug-likeness (QED) is 0.648. The monoisotopic (exact) mass is 477 g/mol. The van der Waals surface area contributed by atoms with Gasteiger partial charge in [0.25, 0.3) is 5.91 Å². The van der Waals surface area contributed by atoms with Crippen molar-refractivity contribution in [3.8, 4) is 17.2 Å². The lowest BCUT2D eigenvalue weighted by Gasteiger charge is -2.21. The Hall–Kier alpha value is -3.07. The molecule has 1 aliphatic rings. The van der Waals surface area contributed by atoms with Gasteiger partial charge < -0.3 is 19.3 Å². The molecule has 0 saturated heterocycles. The molecule has 0 saturated carbocycles. The van der Waals surface area contributed by atoms with Crippen LogP contribution in [0.5, 0.6) is 17.2 Å². The molecule has 2 aromatic rings. The fraction of sp³-hybridized carbons (Fsp3) is 0.286. The minimum absolute atomic E-state index is 0.0228. The molecule has 0 atom stereocenters. The minimum atomic E-state index is -1.19. The second-order valence-corrected chi connectivity index (χ2v) is 8.42. The first-order valence-electron chi connectivity index (χ1n) is 9.04. The van der Waals surface area contributed by atoms with Crippen LogP contribution in [-0.4, -0.2) is 41.7 Å². The van der Waals surface area contributed by atoms with Gasteiger partial charge in [-0.05, 0) is 51.1 Å². The van der Waals surface area contributed by atoms with Crippen molar-refractivity contribution in [1.29, 1.82) is 0 Å². The van der Waals surface area contributed by atoms with E-state index < -0.39 is 36.6 Å². The van der Waals surface area contributed by atoms with Crippen molar-refractivity contribution in [2.75, 3.05) is 18.1 Å². The number of esters is 1. The molecule has 0 aromatic heterocycles. The lowest BCUT2D eigenvalue weighted by atomic mass is 10.1. The number of carboxylic acid groups (broad SMARTS) is 1. The molecule has 0 unspecified atom stereocenters. The Balaban J connectivity index is 1.99. The van der Waals surface area contributed by atoms with Gasteiger partial charge in [0.1, 0.15) is 29.2 Å². The molecule has 9 heteroatoms. The number of amides is 1. The number of fused-ring (bicyclic) bond motifs is 2. The highest BCUT2D eigenvalue weighted by Gasteiger charge is 2.33. The molecule has 1 aliphatic heterocycles. The zero-order chi connectivity index (χ0) is 22.1. The third-order valence-electron chi connectivity index (χ3n) is 3.94. The van der Waals surface area contributed by atoms with Crippen LogP contribution >= 0.6 is 15.9 Å². The Kier molecular flexibility index (Phi) is 6.02. The van der Waals surface area contributed by atoms with Gasteiger partial charge >= 0.3 is 11.9 Å². The standard InChI is InChI=1S/C21H20BrNO7/c1-21(2,3)30-18(26)11-28-15-5-4-6-16-19(15)20(27)23(10-17(24)25)13-9-12(22)7-8-14(13)29-16/h4-9H,10-11H2,1-3H3,(H,24,25). The van der Waals surface area contributed by atoms with Gasteiger partial charge in [0.2, 0.25) is 0 Å². The molecular formula is C21H20BrNO7. The Morgan fingerprint density at radius 1 is 1.17 bits per heavy atom. The third-order valence-corrected chi connectivity index (χ3v) is 4.43. The second kappa shape index (κ2) is 8.35. The Bertz CT molecular complexity index is 1010. The number of hydrogen-bond acceptors (Lipinski definition) is 6. The van der Waals surface area contributed by atoms with Gasteiger partial charge in [0.05, 0.1) is 5.69 Å². The van der Waals surface area contributed by atoms with Gasteiger partial charge in [-0.25, -0.2) is 4.79 Å². The summed E-state index contributed by atoms with van der Waals surface area (Å²) in [6, 6.07) is 9.64. The summed E-state index contributed by atoms with van der Waals surface area (Å²) >= 11 is 3.33. The number of anilines is 1. The molecule has 1 heterocycles. The van der Waals surface area contributed by atoms with Crippen molar-refractivity contribution in [3.05, 3.63) is 46.4 Å². The zero-order valence-corrected chi connectivity index (χ0v) is 18.2. The van der Waals surface area contributed by atoms with E-state index in [4.69, 9.17) is 14.2 Å². The molecule has 1 N–H and O–H groups in total. The smallest absolute Gasteiger partial charge is 0.344 e. The molecule has 0 aliphatic carbocycles. The summed E-state index contributed by atoms with van der Waals surface area (Å²) < 4.78 is 17.3. The number of ether oxygens (including phenoxy) is 3. The molecule has 0 radical (unpaired) electrons. The number of hydrogen-bond donors (Lipinski definition) is 1. The van der Waals surface area contributed by atoms with Crippen LogP contribution < -0.4 is 14.4 Å². The summed E-state index contributed by atoms with van der Waals surface area (Å²) in [5, 5.41) is 9.33. The molecule has 2 aromatic carbocycles. The highest BCUT2D eigenvalue weighted by Crippen LogP contribution is 2.43. The molecule has 0 fully saturated rings. The lowest BCUT2D eigenvalue weighted by Crippen LogP contribution is -2.35. The molecular weight excluding hydrogens is 458 g/mol. The SMILES string of the molecule is CC(C)(C)OC(=O)COc1cccc2c1C(=O)N(CC(=O)O)c1cc(Br)ccc1O2. The number of carboxylic acids is 1. The van der Waals surface area contributed by atoms with Gasteiger partial charge in [-0.15, -0.1) is 0 Å². The van der Waals surface area contributed by atoms with Gasteiger partial charge in [-0.1, -0.05) is 22.0 Å². The summed E-state index contributed by atoms with van der Waals surface area (Å²) in [7, 11) is 0. The van der Waals surface area contributed by atoms with Crippen LogP contribution in [0.25, 0.3) is 0 Å². The molecule has 3 rings (SSSR count). The number of carbonyl (C=O) groups is 3. The normalized spacial score (nSPS) is 12.9. The van der Waals surface area contributed by atoms with Crippen molar-refractivity contribution in [2.24, 2.45) is 0 Å². The fourth-order valence-corrected chi connectivity index (χ4v) is 3.23. The topological polar surface area (TPSA) is 102 Å². The van der Waals surface area contributed by atoms with Crippen LogP contribution in [0.15, 0.2) is 40.9 Å². The van der Waals surface area contributed by atoms with Crippen molar-refractivity contribution >= 4 is 39.5 Å². The van der Waals surface area contributed by atoms with Crippen LogP contribution in [-0.2, 0) is 14.3 Å². The van der Waals surface area contributed by atoms with Crippen LogP contribution in [0, 0.1) is 0 Å². The van der Waals surface area contributed by atoms with Crippen LogP contribution in [0.4, 0.5) is 5.69 Å². The molecule has 8 nitrogen and oxygen atoms in total. The lowest BCUT2D eigenvalue weighted by molar-refractivity contribution is -0.157. The molecule has 0 bridgehead atoms. The third kappa shape index (κ3) is 4.91. The number of nitrogens with zero attached hydrogens (tertiary/aromatic N) is 1. The van der Waals surface area contributed by atoms with E-state index in [0.29, 0.717) is 15.9 Å². The predicted octanol–water partition coefficient (Wildman–Crippen LogP) is 4.01. The average molecular weight is 478 g/mol. The Morgan fingerprint density at radius 3 is 2.57 bits per heavy atom. The number of carbonyl (C=O) groups excluding carboxylic acids is 2. The van der Waals surface area contributed by atoms with E-state index in [1.165, 1.54) is 6.07 Å². The van der Waals surface area contributed by atoms with Gasteiger partial charge in [0.15, 0.2) is 12.4 Å². The fourth-order valence-electron chi connectivity index (χ4n) is 2.88. The summed E-state index contributed by atoms with van der Waals surface area (Å²) in [5.74, 6) is -1.81. The van der Waals surface area contributed by atoms with Crippen molar-refractivity contribution in [2.45, 2.75) is 26.4 Å². The van der Waals surface area contributed by atoms with Crippen LogP contribution in [0.2, 0.25) is 0 Å². The van der Waals surface area contributed by atoms with Crippen LogP contribution in [0.3, 0.4) is 0 Å². The Morgan fingerprint density at radius 2 is 1.90 bits per heavy atom. The second-order valence-electron chi connectivity index (χ2n) is 7.50. The summed E-state index contributed by atoms with van der Waals surface area (Å²) in [6.07, 6.45) is 0. The molecule has 1 amide bonds. The maximum Gasteiger partial charge on any atom is 0.344 e. The Labute approximate surface area is 181 Å². The summed E-state index contributed by atoms with van der Waals surface area (Å²) in [4.78, 5) is 37.8. The van der Waals surface area contributed by atoms with E-state index >= 15 is 0 Å². The molecule has 30 heavy (non-hydrogen) atoms. The van der Waals surface area contributed by atoms with Gasteiger partial charge in [-0.3, -0.25) is 14.5 Å². The average Bonchev–Trinajstić information content (AvgIpc) is 2.74. The summed E-state index contributed by atoms with van der Waals surface area (Å²) in [6.45, 7) is 4.20. The first-order chi connectivity index (χ1) is 14.0. The number of rotatable bonds is 5. The van der Waals surface area contributed by atoms with E-state index in [-0.39, 0.29) is 17.1 Å². The zero-order valence-electron chi connectivity index (χ0n) is 16.6. The van der Waals surface area contributed by atoms with E-state index in [2.05, 4.69) is 15.9 Å². The van der Waals surface area contributed by atoms with Crippen molar-refractivity contribution in [1.82, 2.24) is 0 Å². The minimum Gasteiger partial charge on any atom is -0.481 e. The van der Waals surface area contributed by atoms with Crippen molar-refractivity contribution < 1.29 is 33.7 Å².